The highest BCUT2D eigenvalue weighted by Gasteiger charge is 2.50. The molecule has 0 spiro atoms. The molecule has 2 aromatic carbocycles. The van der Waals surface area contributed by atoms with E-state index < -0.39 is 0 Å². The van der Waals surface area contributed by atoms with Gasteiger partial charge in [-0.25, -0.2) is 9.67 Å². The summed E-state index contributed by atoms with van der Waals surface area (Å²) in [4.78, 5) is 16.3. The Labute approximate surface area is 196 Å². The summed E-state index contributed by atoms with van der Waals surface area (Å²) >= 11 is 1.51. The molecule has 1 fully saturated rings. The molecule has 6 nitrogen and oxygen atoms in total. The number of nitrogens with zero attached hydrogens (tertiary/aromatic N) is 4. The van der Waals surface area contributed by atoms with Crippen molar-refractivity contribution in [3.05, 3.63) is 86.0 Å². The molecule has 3 aliphatic carbocycles. The number of allylic oxidation sites excluding steroid dienone is 2. The quantitative estimate of drug-likeness (QED) is 0.249. The van der Waals surface area contributed by atoms with Crippen LogP contribution in [-0.2, 0) is 0 Å². The first-order valence-electron chi connectivity index (χ1n) is 11.1. The SMILES string of the molecule is Cc1cccc(N=c2scc(-c3ccc([N+](=O)[O-])cc3)n2N=CC2=CCC3CC2C3(C)C)c1. The van der Waals surface area contributed by atoms with Gasteiger partial charge in [-0.1, -0.05) is 32.1 Å². The van der Waals surface area contributed by atoms with Crippen LogP contribution < -0.4 is 4.80 Å². The number of nitro groups is 1. The molecule has 2 atom stereocenters. The fraction of sp³-hybridized carbons (Fsp3) is 0.308. The Morgan fingerprint density at radius 2 is 2.00 bits per heavy atom. The second-order valence-corrected chi connectivity index (χ2v) is 10.3. The number of fused-ring (bicyclic) bond motifs is 1. The van der Waals surface area contributed by atoms with Crippen LogP contribution in [0.1, 0.15) is 32.3 Å². The fourth-order valence-electron chi connectivity index (χ4n) is 4.92. The molecule has 0 radical (unpaired) electrons. The van der Waals surface area contributed by atoms with Crippen molar-refractivity contribution < 1.29 is 4.92 Å². The van der Waals surface area contributed by atoms with Crippen LogP contribution in [0.2, 0.25) is 0 Å². The first kappa shape index (κ1) is 21.5. The molecule has 0 aliphatic heterocycles. The third kappa shape index (κ3) is 3.97. The predicted octanol–water partition coefficient (Wildman–Crippen LogP) is 6.49. The van der Waals surface area contributed by atoms with Crippen LogP contribution in [0.15, 0.2) is 75.7 Å². The average Bonchev–Trinajstić information content (AvgIpc) is 3.20. The van der Waals surface area contributed by atoms with E-state index in [1.165, 1.54) is 35.5 Å². The molecule has 0 N–H and O–H groups in total. The number of nitro benzene ring substituents is 1. The molecular weight excluding hydrogens is 432 g/mol. The van der Waals surface area contributed by atoms with Gasteiger partial charge in [0.05, 0.1) is 22.5 Å². The van der Waals surface area contributed by atoms with Crippen LogP contribution in [0.5, 0.6) is 0 Å². The lowest BCUT2D eigenvalue weighted by Crippen LogP contribution is -2.48. The second kappa shape index (κ2) is 8.23. The number of aryl methyl sites for hydroxylation is 1. The van der Waals surface area contributed by atoms with Crippen LogP contribution in [0.4, 0.5) is 11.4 Å². The lowest BCUT2D eigenvalue weighted by molar-refractivity contribution is -0.384. The molecule has 3 aromatic rings. The lowest BCUT2D eigenvalue weighted by atomic mass is 9.49. The molecule has 2 unspecified atom stereocenters. The summed E-state index contributed by atoms with van der Waals surface area (Å²) < 4.78 is 1.85. The van der Waals surface area contributed by atoms with E-state index in [0.717, 1.165) is 39.6 Å². The van der Waals surface area contributed by atoms with Gasteiger partial charge in [-0.3, -0.25) is 10.1 Å². The van der Waals surface area contributed by atoms with Crippen molar-refractivity contribution in [3.63, 3.8) is 0 Å². The molecule has 0 amide bonds. The van der Waals surface area contributed by atoms with Gasteiger partial charge in [-0.2, -0.15) is 5.10 Å². The largest absolute Gasteiger partial charge is 0.269 e. The molecule has 0 saturated heterocycles. The Hall–Kier alpha value is -3.32. The Kier molecular flexibility index (Phi) is 5.37. The molecule has 7 heteroatoms. The molecule has 3 aliphatic rings. The van der Waals surface area contributed by atoms with Crippen molar-refractivity contribution in [2.45, 2.75) is 33.6 Å². The standard InChI is InChI=1S/C26H26N4O2S/c1-17-5-4-6-21(13-17)28-25-29(27-15-19-7-10-20-14-23(19)26(20,2)3)24(16-33-25)18-8-11-22(12-9-18)30(31)32/h4-9,11-13,15-16,20,23H,10,14H2,1-3H3. The summed E-state index contributed by atoms with van der Waals surface area (Å²) in [6.07, 6.45) is 6.64. The minimum absolute atomic E-state index is 0.0721. The van der Waals surface area contributed by atoms with Gasteiger partial charge in [0.25, 0.3) is 5.69 Å². The van der Waals surface area contributed by atoms with Crippen molar-refractivity contribution >= 4 is 28.9 Å². The van der Waals surface area contributed by atoms with Crippen LogP contribution in [0.25, 0.3) is 11.3 Å². The van der Waals surface area contributed by atoms with E-state index in [-0.39, 0.29) is 10.6 Å². The highest BCUT2D eigenvalue weighted by molar-refractivity contribution is 7.07. The first-order valence-corrected chi connectivity index (χ1v) is 12.0. The molecule has 6 rings (SSSR count). The zero-order valence-corrected chi connectivity index (χ0v) is 19.7. The summed E-state index contributed by atoms with van der Waals surface area (Å²) in [6.45, 7) is 6.75. The van der Waals surface area contributed by atoms with E-state index in [0.29, 0.717) is 11.3 Å². The van der Waals surface area contributed by atoms with E-state index in [1.807, 2.05) is 47.5 Å². The molecule has 1 heterocycles. The van der Waals surface area contributed by atoms with Crippen LogP contribution in [-0.4, -0.2) is 15.8 Å². The number of rotatable bonds is 5. The third-order valence-electron chi connectivity index (χ3n) is 7.12. The summed E-state index contributed by atoms with van der Waals surface area (Å²) in [5.74, 6) is 1.32. The molecular formula is C26H26N4O2S. The molecule has 1 aromatic heterocycles. The minimum Gasteiger partial charge on any atom is -0.258 e. The number of thiazole rings is 1. The van der Waals surface area contributed by atoms with Gasteiger partial charge in [0.15, 0.2) is 0 Å². The zero-order valence-electron chi connectivity index (χ0n) is 18.9. The number of hydrogen-bond donors (Lipinski definition) is 0. The van der Waals surface area contributed by atoms with Crippen molar-refractivity contribution in [1.29, 1.82) is 0 Å². The van der Waals surface area contributed by atoms with Gasteiger partial charge in [-0.15, -0.1) is 11.3 Å². The summed E-state index contributed by atoms with van der Waals surface area (Å²) in [6, 6.07) is 14.6. The Balaban J connectivity index is 1.58. The van der Waals surface area contributed by atoms with Gasteiger partial charge in [0.1, 0.15) is 0 Å². The third-order valence-corrected chi connectivity index (χ3v) is 7.94. The number of aromatic nitrogens is 1. The molecule has 1 saturated carbocycles. The molecule has 2 bridgehead atoms. The lowest BCUT2D eigenvalue weighted by Gasteiger charge is -2.55. The number of non-ortho nitro benzene ring substituents is 1. The Morgan fingerprint density at radius 3 is 2.67 bits per heavy atom. The van der Waals surface area contributed by atoms with Gasteiger partial charge >= 0.3 is 0 Å². The van der Waals surface area contributed by atoms with E-state index in [1.54, 1.807) is 12.1 Å². The van der Waals surface area contributed by atoms with Gasteiger partial charge in [0.2, 0.25) is 4.80 Å². The summed E-state index contributed by atoms with van der Waals surface area (Å²) in [5, 5.41) is 18.0. The molecule has 168 valence electrons. The number of benzene rings is 2. The maximum Gasteiger partial charge on any atom is 0.269 e. The van der Waals surface area contributed by atoms with Gasteiger partial charge < -0.3 is 0 Å². The first-order chi connectivity index (χ1) is 15.8. The van der Waals surface area contributed by atoms with Crippen molar-refractivity contribution in [2.75, 3.05) is 0 Å². The van der Waals surface area contributed by atoms with E-state index in [4.69, 9.17) is 10.1 Å². The van der Waals surface area contributed by atoms with Crippen LogP contribution in [0, 0.1) is 34.3 Å². The smallest absolute Gasteiger partial charge is 0.258 e. The fourth-order valence-corrected chi connectivity index (χ4v) is 5.77. The summed E-state index contributed by atoms with van der Waals surface area (Å²) in [7, 11) is 0. The Morgan fingerprint density at radius 1 is 1.21 bits per heavy atom. The zero-order chi connectivity index (χ0) is 23.2. The maximum atomic E-state index is 11.1. The average molecular weight is 459 g/mol. The second-order valence-electron chi connectivity index (χ2n) is 9.46. The minimum atomic E-state index is -0.384. The topological polar surface area (TPSA) is 72.8 Å². The van der Waals surface area contributed by atoms with Crippen LogP contribution >= 0.6 is 11.3 Å². The maximum absolute atomic E-state index is 11.1. The number of hydrogen-bond acceptors (Lipinski definition) is 5. The van der Waals surface area contributed by atoms with E-state index >= 15 is 0 Å². The molecule has 33 heavy (non-hydrogen) atoms. The van der Waals surface area contributed by atoms with Crippen molar-refractivity contribution in [1.82, 2.24) is 4.68 Å². The predicted molar refractivity (Wildman–Crippen MR) is 133 cm³/mol. The van der Waals surface area contributed by atoms with Crippen LogP contribution in [0.3, 0.4) is 0 Å². The summed E-state index contributed by atoms with van der Waals surface area (Å²) in [5.41, 5.74) is 5.43. The van der Waals surface area contributed by atoms with Gasteiger partial charge in [-0.05, 0) is 72.4 Å². The van der Waals surface area contributed by atoms with Crippen molar-refractivity contribution in [3.8, 4) is 11.3 Å². The van der Waals surface area contributed by atoms with E-state index in [9.17, 15) is 10.1 Å². The van der Waals surface area contributed by atoms with E-state index in [2.05, 4.69) is 19.9 Å². The Bertz CT molecular complexity index is 1350. The van der Waals surface area contributed by atoms with Crippen molar-refractivity contribution in [2.24, 2.45) is 27.3 Å². The van der Waals surface area contributed by atoms with Gasteiger partial charge in [0, 0.05) is 23.1 Å². The normalized spacial score (nSPS) is 21.7. The highest BCUT2D eigenvalue weighted by Crippen LogP contribution is 2.58. The monoisotopic (exact) mass is 458 g/mol. The highest BCUT2D eigenvalue weighted by atomic mass is 32.1.